The highest BCUT2D eigenvalue weighted by atomic mass is 32.1. The minimum Gasteiger partial charge on any atom is -0.428 e. The lowest BCUT2D eigenvalue weighted by molar-refractivity contribution is 0.667. The summed E-state index contributed by atoms with van der Waals surface area (Å²) < 4.78 is 5.07. The van der Waals surface area contributed by atoms with Gasteiger partial charge in [-0.3, -0.25) is 0 Å². The summed E-state index contributed by atoms with van der Waals surface area (Å²) in [6.45, 7) is 0. The summed E-state index contributed by atoms with van der Waals surface area (Å²) in [5.41, 5.74) is 0. The van der Waals surface area contributed by atoms with E-state index in [0.717, 1.165) is 11.1 Å². The summed E-state index contributed by atoms with van der Waals surface area (Å²) >= 11 is 3.88. The van der Waals surface area contributed by atoms with Crippen LogP contribution in [-0.2, 0) is 0 Å². The van der Waals surface area contributed by atoms with Gasteiger partial charge in [-0.25, -0.2) is 0 Å². The summed E-state index contributed by atoms with van der Waals surface area (Å²) in [4.78, 5) is 0. The number of hydrogen-bond donors (Lipinski definition) is 1. The van der Waals surface area contributed by atoms with Gasteiger partial charge in [0.25, 0.3) is 0 Å². The topological polar surface area (TPSA) is 9.23 Å². The molecule has 3 aromatic rings. The Morgan fingerprint density at radius 1 is 0.750 bits per heavy atom. The molecule has 0 saturated heterocycles. The second kappa shape index (κ2) is 3.72. The van der Waals surface area contributed by atoms with E-state index in [-0.39, 0.29) is 0 Å². The van der Waals surface area contributed by atoms with E-state index in [1.54, 1.807) is 0 Å². The van der Waals surface area contributed by atoms with Crippen molar-refractivity contribution in [2.75, 3.05) is 0 Å². The average Bonchev–Trinajstić information content (AvgIpc) is 2.35. The van der Waals surface area contributed by atoms with Gasteiger partial charge in [0.1, 0.15) is 5.75 Å². The second-order valence-electron chi connectivity index (χ2n) is 3.77. The molecule has 0 fully saturated rings. The van der Waals surface area contributed by atoms with Crippen LogP contribution in [0.2, 0.25) is 0 Å². The van der Waals surface area contributed by atoms with Crippen molar-refractivity contribution >= 4 is 34.5 Å². The molecule has 3 aromatic carbocycles. The van der Waals surface area contributed by atoms with E-state index >= 15 is 0 Å². The predicted octanol–water partition coefficient (Wildman–Crippen LogP) is 4.22. The third-order valence-electron chi connectivity index (χ3n) is 2.81. The van der Waals surface area contributed by atoms with Gasteiger partial charge in [-0.05, 0) is 34.4 Å². The molecule has 16 heavy (non-hydrogen) atoms. The number of rotatable bonds is 1. The molecule has 78 valence electrons. The third kappa shape index (κ3) is 1.42. The Balaban J connectivity index is 2.46. The first kappa shape index (κ1) is 9.55. The minimum absolute atomic E-state index is 0.798. The van der Waals surface area contributed by atoms with E-state index in [9.17, 15) is 0 Å². The van der Waals surface area contributed by atoms with E-state index in [1.807, 2.05) is 24.3 Å². The van der Waals surface area contributed by atoms with E-state index in [0.29, 0.717) is 0 Å². The summed E-state index contributed by atoms with van der Waals surface area (Å²) in [6.07, 6.45) is 0. The van der Waals surface area contributed by atoms with Crippen LogP contribution in [0, 0.1) is 0 Å². The van der Waals surface area contributed by atoms with Crippen molar-refractivity contribution in [1.82, 2.24) is 0 Å². The molecule has 0 aromatic heterocycles. The van der Waals surface area contributed by atoms with Crippen LogP contribution < -0.4 is 4.18 Å². The van der Waals surface area contributed by atoms with Crippen LogP contribution in [0.4, 0.5) is 0 Å². The average molecular weight is 226 g/mol. The van der Waals surface area contributed by atoms with Gasteiger partial charge >= 0.3 is 0 Å². The van der Waals surface area contributed by atoms with Crippen molar-refractivity contribution in [1.29, 1.82) is 0 Å². The van der Waals surface area contributed by atoms with Crippen LogP contribution in [0.1, 0.15) is 0 Å². The Labute approximate surface area is 99.3 Å². The molecule has 0 aliphatic rings. The third-order valence-corrected chi connectivity index (χ3v) is 3.00. The highest BCUT2D eigenvalue weighted by molar-refractivity contribution is 7.75. The van der Waals surface area contributed by atoms with E-state index < -0.39 is 0 Å². The zero-order chi connectivity index (χ0) is 11.0. The molecule has 0 aliphatic carbocycles. The summed E-state index contributed by atoms with van der Waals surface area (Å²) in [6, 6.07) is 18.6. The van der Waals surface area contributed by atoms with Crippen LogP contribution in [0.3, 0.4) is 0 Å². The number of thiol groups is 1. The molecule has 0 saturated carbocycles. The van der Waals surface area contributed by atoms with Crippen LogP contribution in [0.15, 0.2) is 54.6 Å². The molecule has 1 nitrogen and oxygen atoms in total. The molecule has 0 aliphatic heterocycles. The van der Waals surface area contributed by atoms with Gasteiger partial charge in [-0.2, -0.15) is 0 Å². The highest BCUT2D eigenvalue weighted by Gasteiger charge is 2.02. The predicted molar refractivity (Wildman–Crippen MR) is 71.1 cm³/mol. The molecule has 2 heteroatoms. The highest BCUT2D eigenvalue weighted by Crippen LogP contribution is 2.30. The Hall–Kier alpha value is -1.67. The molecule has 0 heterocycles. The maximum atomic E-state index is 5.07. The fraction of sp³-hybridized carbons (Fsp3) is 0. The van der Waals surface area contributed by atoms with Crippen molar-refractivity contribution in [3.05, 3.63) is 54.6 Å². The minimum atomic E-state index is 0.798. The molecule has 0 radical (unpaired) electrons. The van der Waals surface area contributed by atoms with Crippen LogP contribution >= 0.6 is 12.9 Å². The lowest BCUT2D eigenvalue weighted by atomic mass is 10.0. The first-order valence-corrected chi connectivity index (χ1v) is 5.48. The van der Waals surface area contributed by atoms with Gasteiger partial charge in [0, 0.05) is 18.3 Å². The summed E-state index contributed by atoms with van der Waals surface area (Å²) in [5, 5.41) is 4.72. The van der Waals surface area contributed by atoms with Crippen molar-refractivity contribution in [2.24, 2.45) is 0 Å². The summed E-state index contributed by atoms with van der Waals surface area (Å²) in [5.74, 6) is 0.798. The number of benzene rings is 3. The summed E-state index contributed by atoms with van der Waals surface area (Å²) in [7, 11) is 0. The van der Waals surface area contributed by atoms with Gasteiger partial charge in [0.05, 0.1) is 0 Å². The van der Waals surface area contributed by atoms with E-state index in [2.05, 4.69) is 43.2 Å². The zero-order valence-corrected chi connectivity index (χ0v) is 9.45. The number of fused-ring (bicyclic) bond motifs is 2. The molecule has 3 rings (SSSR count). The van der Waals surface area contributed by atoms with Gasteiger partial charge in [0.2, 0.25) is 0 Å². The molecule has 0 spiro atoms. The van der Waals surface area contributed by atoms with Gasteiger partial charge < -0.3 is 4.18 Å². The molecular weight excluding hydrogens is 216 g/mol. The Morgan fingerprint density at radius 2 is 1.44 bits per heavy atom. The van der Waals surface area contributed by atoms with Crippen molar-refractivity contribution < 1.29 is 4.18 Å². The van der Waals surface area contributed by atoms with Crippen LogP contribution in [0.5, 0.6) is 5.75 Å². The Morgan fingerprint density at radius 3 is 2.19 bits per heavy atom. The largest absolute Gasteiger partial charge is 0.428 e. The van der Waals surface area contributed by atoms with Crippen molar-refractivity contribution in [3.8, 4) is 5.75 Å². The Bertz CT molecular complexity index is 661. The molecule has 0 amide bonds. The van der Waals surface area contributed by atoms with Crippen molar-refractivity contribution in [2.45, 2.75) is 0 Å². The van der Waals surface area contributed by atoms with E-state index in [1.165, 1.54) is 16.2 Å². The smallest absolute Gasteiger partial charge is 0.144 e. The van der Waals surface area contributed by atoms with Crippen LogP contribution in [0.25, 0.3) is 21.5 Å². The Kier molecular flexibility index (Phi) is 2.22. The molecule has 0 atom stereocenters. The monoisotopic (exact) mass is 226 g/mol. The molecular formula is C14H10OS. The molecule has 0 bridgehead atoms. The van der Waals surface area contributed by atoms with Crippen molar-refractivity contribution in [3.63, 3.8) is 0 Å². The fourth-order valence-electron chi connectivity index (χ4n) is 2.02. The second-order valence-corrected chi connectivity index (χ2v) is 3.95. The van der Waals surface area contributed by atoms with Gasteiger partial charge in [-0.1, -0.05) is 36.4 Å². The normalized spacial score (nSPS) is 10.8. The van der Waals surface area contributed by atoms with E-state index in [4.69, 9.17) is 4.18 Å². The lowest BCUT2D eigenvalue weighted by Gasteiger charge is -2.05. The quantitative estimate of drug-likeness (QED) is 0.371. The van der Waals surface area contributed by atoms with Gasteiger partial charge in [-0.15, -0.1) is 0 Å². The molecule has 0 unspecified atom stereocenters. The maximum absolute atomic E-state index is 5.07. The standard InChI is InChI=1S/C14H10OS/c16-15-14-7-3-6-12-8-10-4-1-2-5-11(10)9-13(12)14/h1-9,16H. The SMILES string of the molecule is SOc1cccc2cc3ccccc3cc12. The molecule has 0 N–H and O–H groups in total. The fourth-order valence-corrected chi connectivity index (χ4v) is 2.18. The first-order valence-electron chi connectivity index (χ1n) is 5.11. The maximum Gasteiger partial charge on any atom is 0.144 e. The van der Waals surface area contributed by atoms with Gasteiger partial charge in [0.15, 0.2) is 0 Å². The zero-order valence-electron chi connectivity index (χ0n) is 8.55. The van der Waals surface area contributed by atoms with Crippen LogP contribution in [-0.4, -0.2) is 0 Å². The lowest BCUT2D eigenvalue weighted by Crippen LogP contribution is -1.80. The number of hydrogen-bond acceptors (Lipinski definition) is 2. The first-order chi connectivity index (χ1) is 7.88.